The first-order valence-corrected chi connectivity index (χ1v) is 11.9. The van der Waals surface area contributed by atoms with Crippen molar-refractivity contribution in [1.29, 1.82) is 0 Å². The van der Waals surface area contributed by atoms with Crippen LogP contribution in [-0.2, 0) is 13.8 Å². The number of aromatic nitrogens is 2. The van der Waals surface area contributed by atoms with Crippen molar-refractivity contribution in [3.63, 3.8) is 0 Å². The molecule has 0 spiro atoms. The third kappa shape index (κ3) is 12.6. The number of aromatic amines is 1. The van der Waals surface area contributed by atoms with Gasteiger partial charge in [0.25, 0.3) is 5.56 Å². The maximum absolute atomic E-state index is 12.2. The van der Waals surface area contributed by atoms with Crippen LogP contribution in [0.15, 0.2) is 15.8 Å². The average Bonchev–Trinajstić information content (AvgIpc) is 3.10. The molecule has 184 valence electrons. The van der Waals surface area contributed by atoms with Crippen LogP contribution in [0.4, 0.5) is 4.79 Å². The predicted octanol–water partition coefficient (Wildman–Crippen LogP) is -7.73. The zero-order valence-corrected chi connectivity index (χ0v) is 25.0. The number of hydrogen-bond acceptors (Lipinski definition) is 9. The average molecular weight is 532 g/mol. The maximum atomic E-state index is 12.2. The van der Waals surface area contributed by atoms with Gasteiger partial charge in [-0.1, -0.05) is 38.0 Å². The fourth-order valence-electron chi connectivity index (χ4n) is 3.07. The van der Waals surface area contributed by atoms with Gasteiger partial charge in [-0.3, -0.25) is 14.3 Å². The van der Waals surface area contributed by atoms with Crippen LogP contribution in [0, 0.1) is 11.8 Å². The van der Waals surface area contributed by atoms with E-state index in [2.05, 4.69) is 38.9 Å². The summed E-state index contributed by atoms with van der Waals surface area (Å²) in [4.78, 5) is 59.2. The normalized spacial score (nSPS) is 19.0. The quantitative estimate of drug-likeness (QED) is 0.0979. The molecule has 1 saturated heterocycles. The first-order valence-electron chi connectivity index (χ1n) is 10.5. The van der Waals surface area contributed by atoms with E-state index in [9.17, 15) is 33.8 Å². The molecule has 4 N–H and O–H groups in total. The van der Waals surface area contributed by atoms with Crippen LogP contribution in [0.5, 0.6) is 0 Å². The van der Waals surface area contributed by atoms with Crippen LogP contribution < -0.4 is 90.8 Å². The number of carbonyl (C=O) groups is 1. The van der Waals surface area contributed by atoms with Crippen molar-refractivity contribution in [2.45, 2.75) is 57.5 Å². The van der Waals surface area contributed by atoms with Gasteiger partial charge in [0.2, 0.25) is 0 Å². The molecule has 0 unspecified atom stereocenters. The molecular weight excluding hydrogens is 505 g/mol. The second-order valence-corrected chi connectivity index (χ2v) is 8.51. The Morgan fingerprint density at radius 1 is 1.31 bits per heavy atom. The molecule has 13 nitrogen and oxygen atoms in total. The summed E-state index contributed by atoms with van der Waals surface area (Å²) in [7, 11) is -5.25. The van der Waals surface area contributed by atoms with E-state index in [1.54, 1.807) is 0 Å². The van der Waals surface area contributed by atoms with E-state index in [0.29, 0.717) is 6.54 Å². The number of carbonyl (C=O) groups excluding carboxylic acids is 1. The molecule has 2 heterocycles. The van der Waals surface area contributed by atoms with E-state index in [0.717, 1.165) is 36.4 Å². The minimum Gasteiger partial charge on any atom is -0.790 e. The van der Waals surface area contributed by atoms with Gasteiger partial charge in [0.1, 0.15) is 17.9 Å². The molecule has 35 heavy (non-hydrogen) atoms. The smallest absolute Gasteiger partial charge is 0.790 e. The van der Waals surface area contributed by atoms with Crippen molar-refractivity contribution < 1.29 is 92.6 Å². The minimum atomic E-state index is -5.25. The molecule has 0 saturated carbocycles. The number of H-pyrrole nitrogens is 1. The van der Waals surface area contributed by atoms with Gasteiger partial charge >= 0.3 is 70.8 Å². The molecule has 0 aliphatic carbocycles. The van der Waals surface area contributed by atoms with Crippen molar-refractivity contribution in [3.05, 3.63) is 32.6 Å². The number of nitrogens with one attached hydrogen (secondary N) is 3. The van der Waals surface area contributed by atoms with E-state index in [-0.39, 0.29) is 83.7 Å². The van der Waals surface area contributed by atoms with Crippen LogP contribution in [0.3, 0.4) is 0 Å². The fourth-order valence-corrected chi connectivity index (χ4v) is 3.40. The Hall–Kier alpha value is -0.460. The molecule has 1 aromatic heterocycles. The molecular formula is C19H27N4Na2O9P. The number of phosphoric acid groups is 1. The molecule has 2 amide bonds. The molecule has 0 radical (unpaired) electrons. The van der Waals surface area contributed by atoms with E-state index in [4.69, 9.17) is 4.74 Å². The zero-order chi connectivity index (χ0) is 24.4. The summed E-state index contributed by atoms with van der Waals surface area (Å²) < 4.78 is 21.1. The van der Waals surface area contributed by atoms with Crippen molar-refractivity contribution in [2.24, 2.45) is 0 Å². The third-order valence-corrected chi connectivity index (χ3v) is 5.22. The summed E-state index contributed by atoms with van der Waals surface area (Å²) in [6.45, 7) is 1.89. The summed E-state index contributed by atoms with van der Waals surface area (Å²) in [5.41, 5.74) is -1.66. The molecule has 1 aliphatic heterocycles. The number of urea groups is 1. The summed E-state index contributed by atoms with van der Waals surface area (Å²) >= 11 is 0. The largest absolute Gasteiger partial charge is 1.00 e. The Bertz CT molecular complexity index is 1030. The molecule has 3 atom stereocenters. The fraction of sp³-hybridized carbons (Fsp3) is 0.632. The van der Waals surface area contributed by atoms with Gasteiger partial charge in [0.05, 0.1) is 27.1 Å². The Balaban J connectivity index is 0.00000578. The number of rotatable bonds is 10. The first kappa shape index (κ1) is 34.5. The zero-order valence-electron chi connectivity index (χ0n) is 20.1. The second-order valence-electron chi connectivity index (χ2n) is 7.36. The number of hydrogen-bond donors (Lipinski definition) is 4. The molecule has 0 bridgehead atoms. The van der Waals surface area contributed by atoms with Crippen LogP contribution in [0.1, 0.15) is 50.8 Å². The van der Waals surface area contributed by atoms with E-state index in [1.807, 2.05) is 0 Å². The van der Waals surface area contributed by atoms with Gasteiger partial charge in [-0.25, -0.2) is 9.59 Å². The molecule has 1 fully saturated rings. The summed E-state index contributed by atoms with van der Waals surface area (Å²) in [6.07, 6.45) is 1.71. The number of unbranched alkanes of at least 4 members (excludes halogenated alkanes) is 3. The monoisotopic (exact) mass is 532 g/mol. The summed E-state index contributed by atoms with van der Waals surface area (Å²) in [5, 5.41) is 15.2. The topological polar surface area (TPSA) is 198 Å². The number of phosphoric ester groups is 1. The van der Waals surface area contributed by atoms with Gasteiger partial charge in [-0.15, -0.1) is 0 Å². The predicted molar refractivity (Wildman–Crippen MR) is 112 cm³/mol. The Morgan fingerprint density at radius 3 is 2.69 bits per heavy atom. The van der Waals surface area contributed by atoms with Gasteiger partial charge in [-0.05, 0) is 6.42 Å². The number of aliphatic hydroxyl groups is 1. The molecule has 1 aromatic rings. The van der Waals surface area contributed by atoms with E-state index >= 15 is 0 Å². The Morgan fingerprint density at radius 2 is 2.03 bits per heavy atom. The first-order chi connectivity index (χ1) is 15.6. The number of amides is 2. The van der Waals surface area contributed by atoms with Gasteiger partial charge in [0.15, 0.2) is 0 Å². The van der Waals surface area contributed by atoms with Crippen molar-refractivity contribution in [2.75, 3.05) is 19.7 Å². The van der Waals surface area contributed by atoms with Crippen LogP contribution in [0.2, 0.25) is 0 Å². The summed E-state index contributed by atoms with van der Waals surface area (Å²) in [5.74, 6) is 5.16. The Labute approximate surface area is 246 Å². The van der Waals surface area contributed by atoms with Gasteiger partial charge in [-0.2, -0.15) is 0 Å². The van der Waals surface area contributed by atoms with E-state index < -0.39 is 44.1 Å². The van der Waals surface area contributed by atoms with Crippen LogP contribution in [-0.4, -0.2) is 52.6 Å². The molecule has 1 aliphatic rings. The molecule has 16 heteroatoms. The summed E-state index contributed by atoms with van der Waals surface area (Å²) in [6, 6.07) is -0.387. The minimum absolute atomic E-state index is 0. The SMILES string of the molecule is CCCCCCNC(=O)NCC#Cc1cn([C@H]2C[C@H](O)[C@@H](COP(=O)([O-])[O-])O2)c(=O)[nH]c1=O.[Na+].[Na+]. The van der Waals surface area contributed by atoms with Crippen LogP contribution in [0.25, 0.3) is 0 Å². The number of ether oxygens (including phenoxy) is 1. The maximum Gasteiger partial charge on any atom is 1.00 e. The third-order valence-electron chi connectivity index (χ3n) is 4.76. The molecule has 0 aromatic carbocycles. The van der Waals surface area contributed by atoms with E-state index in [1.165, 1.54) is 0 Å². The Kier molecular flexibility index (Phi) is 16.9. The van der Waals surface area contributed by atoms with Crippen molar-refractivity contribution >= 4 is 13.9 Å². The van der Waals surface area contributed by atoms with Gasteiger partial charge in [0, 0.05) is 19.2 Å². The van der Waals surface area contributed by atoms with Crippen molar-refractivity contribution in [1.82, 2.24) is 20.2 Å². The molecule has 2 rings (SSSR count). The van der Waals surface area contributed by atoms with Crippen LogP contribution >= 0.6 is 7.82 Å². The van der Waals surface area contributed by atoms with Gasteiger partial charge < -0.3 is 39.4 Å². The number of aliphatic hydroxyl groups excluding tert-OH is 1. The standard InChI is InChI=1S/C19H29N4O9P.2Na/c1-2-3-4-5-8-20-18(26)21-9-6-7-13-11-23(19(27)22-17(13)25)16-10-14(24)15(32-16)12-31-33(28,29)30;;/h11,14-16,24H,2-5,8-10,12H2,1H3,(H2,20,21,26)(H,22,25,27)(H2,28,29,30);;/q;2*+1/p-2/t14-,15+,16+;;/m0../s1. The second kappa shape index (κ2) is 17.1. The van der Waals surface area contributed by atoms with Crippen molar-refractivity contribution in [3.8, 4) is 11.8 Å². The number of nitrogens with zero attached hydrogens (tertiary/aromatic N) is 1.